The summed E-state index contributed by atoms with van der Waals surface area (Å²) in [6.45, 7) is 6.05. The van der Waals surface area contributed by atoms with E-state index < -0.39 is 0 Å². The van der Waals surface area contributed by atoms with E-state index in [4.69, 9.17) is 10.00 Å². The molecule has 2 aromatic rings. The molecule has 1 unspecified atom stereocenters. The molecule has 1 aromatic heterocycles. The minimum atomic E-state index is 0.548. The lowest BCUT2D eigenvalue weighted by molar-refractivity contribution is 0.166. The van der Waals surface area contributed by atoms with E-state index in [1.54, 1.807) is 0 Å². The number of nitrogens with zero attached hydrogens (tertiary/aromatic N) is 2. The number of hydrogen-bond acceptors (Lipinski definition) is 5. The predicted octanol–water partition coefficient (Wildman–Crippen LogP) is 4.43. The largest absolute Gasteiger partial charge is 0.494 e. The maximum Gasteiger partial charge on any atom is 0.119 e. The Hall–Kier alpha value is -1.87. The summed E-state index contributed by atoms with van der Waals surface area (Å²) in [5.74, 6) is 1.62. The van der Waals surface area contributed by atoms with Gasteiger partial charge in [0.2, 0.25) is 0 Å². The van der Waals surface area contributed by atoms with Gasteiger partial charge in [-0.2, -0.15) is 5.26 Å². The lowest BCUT2D eigenvalue weighted by Crippen LogP contribution is -2.38. The van der Waals surface area contributed by atoms with Crippen molar-refractivity contribution in [1.82, 2.24) is 10.2 Å². The first-order valence-corrected chi connectivity index (χ1v) is 10.8. The maximum atomic E-state index is 8.58. The number of unbranched alkanes of at least 4 members (excludes halogenated alkanes) is 1. The molecule has 4 nitrogen and oxygen atoms in total. The quantitative estimate of drug-likeness (QED) is 0.617. The van der Waals surface area contributed by atoms with Gasteiger partial charge < -0.3 is 10.1 Å². The van der Waals surface area contributed by atoms with Gasteiger partial charge in [-0.25, -0.2) is 0 Å². The Kier molecular flexibility index (Phi) is 8.16. The molecule has 1 aromatic carbocycles. The van der Waals surface area contributed by atoms with Crippen molar-refractivity contribution in [1.29, 1.82) is 5.26 Å². The van der Waals surface area contributed by atoms with Gasteiger partial charge in [-0.3, -0.25) is 4.90 Å². The summed E-state index contributed by atoms with van der Waals surface area (Å²) < 4.78 is 5.72. The molecule has 2 heterocycles. The summed E-state index contributed by atoms with van der Waals surface area (Å²) in [7, 11) is 0. The smallest absolute Gasteiger partial charge is 0.119 e. The van der Waals surface area contributed by atoms with Crippen LogP contribution in [0, 0.1) is 17.2 Å². The molecule has 3 rings (SSSR count). The lowest BCUT2D eigenvalue weighted by Gasteiger charge is -2.32. The number of nitrogens with one attached hydrogen (secondary N) is 1. The Morgan fingerprint density at radius 1 is 1.30 bits per heavy atom. The van der Waals surface area contributed by atoms with E-state index in [1.807, 2.05) is 23.5 Å². The van der Waals surface area contributed by atoms with Crippen molar-refractivity contribution in [2.75, 3.05) is 26.2 Å². The third kappa shape index (κ3) is 6.99. The molecule has 1 fully saturated rings. The molecule has 0 aliphatic carbocycles. The number of hydrogen-bond donors (Lipinski definition) is 1. The topological polar surface area (TPSA) is 48.3 Å². The number of thiophene rings is 1. The van der Waals surface area contributed by atoms with E-state index in [9.17, 15) is 0 Å². The highest BCUT2D eigenvalue weighted by molar-refractivity contribution is 7.09. The highest BCUT2D eigenvalue weighted by Crippen LogP contribution is 2.20. The third-order valence-corrected chi connectivity index (χ3v) is 5.79. The van der Waals surface area contributed by atoms with E-state index >= 15 is 0 Å². The molecular weight excluding hydrogens is 354 g/mol. The average Bonchev–Trinajstić information content (AvgIpc) is 3.19. The molecule has 1 aliphatic rings. The second kappa shape index (κ2) is 11.1. The number of piperidine rings is 1. The summed E-state index contributed by atoms with van der Waals surface area (Å²) in [6, 6.07) is 14.8. The van der Waals surface area contributed by atoms with Crippen molar-refractivity contribution in [3.8, 4) is 11.8 Å². The second-order valence-electron chi connectivity index (χ2n) is 7.21. The Bertz CT molecular complexity index is 711. The summed E-state index contributed by atoms with van der Waals surface area (Å²) in [6.07, 6.45) is 3.94. The minimum absolute atomic E-state index is 0.548. The van der Waals surface area contributed by atoms with Gasteiger partial charge in [-0.1, -0.05) is 18.2 Å². The molecule has 0 bridgehead atoms. The minimum Gasteiger partial charge on any atom is -0.494 e. The zero-order chi connectivity index (χ0) is 18.7. The number of rotatable bonds is 10. The van der Waals surface area contributed by atoms with Crippen LogP contribution >= 0.6 is 11.3 Å². The maximum absolute atomic E-state index is 8.58. The van der Waals surface area contributed by atoms with Gasteiger partial charge in [0.25, 0.3) is 0 Å². The van der Waals surface area contributed by atoms with Gasteiger partial charge in [0.15, 0.2) is 0 Å². The van der Waals surface area contributed by atoms with Crippen molar-refractivity contribution >= 4 is 11.3 Å². The highest BCUT2D eigenvalue weighted by Gasteiger charge is 2.19. The molecule has 1 aliphatic heterocycles. The molecular formula is C22H29N3OS. The van der Waals surface area contributed by atoms with Gasteiger partial charge in [0.05, 0.1) is 12.7 Å². The van der Waals surface area contributed by atoms with E-state index in [0.717, 1.165) is 37.7 Å². The third-order valence-electron chi connectivity index (χ3n) is 4.92. The van der Waals surface area contributed by atoms with E-state index in [0.29, 0.717) is 13.0 Å². The fourth-order valence-electron chi connectivity index (χ4n) is 3.59. The summed E-state index contributed by atoms with van der Waals surface area (Å²) >= 11 is 1.86. The van der Waals surface area contributed by atoms with Crippen molar-refractivity contribution in [3.63, 3.8) is 0 Å². The number of benzene rings is 1. The van der Waals surface area contributed by atoms with E-state index in [2.05, 4.69) is 45.9 Å². The fourth-order valence-corrected chi connectivity index (χ4v) is 4.34. The molecule has 27 heavy (non-hydrogen) atoms. The molecule has 0 radical (unpaired) electrons. The summed E-state index contributed by atoms with van der Waals surface area (Å²) in [5.41, 5.74) is 1.25. The molecule has 1 N–H and O–H groups in total. The normalized spacial score (nSPS) is 17.5. The van der Waals surface area contributed by atoms with Crippen molar-refractivity contribution in [3.05, 3.63) is 52.2 Å². The van der Waals surface area contributed by atoms with Crippen LogP contribution in [-0.4, -0.2) is 31.1 Å². The predicted molar refractivity (Wildman–Crippen MR) is 111 cm³/mol. The molecule has 0 spiro atoms. The van der Waals surface area contributed by atoms with Crippen LogP contribution in [0.3, 0.4) is 0 Å². The van der Waals surface area contributed by atoms with Crippen LogP contribution in [0.15, 0.2) is 41.8 Å². The lowest BCUT2D eigenvalue weighted by atomic mass is 9.98. The average molecular weight is 384 g/mol. The van der Waals surface area contributed by atoms with Crippen LogP contribution in [0.1, 0.15) is 36.1 Å². The molecule has 144 valence electrons. The molecule has 0 saturated carbocycles. The SMILES string of the molecule is N#CCCCOc1cccc(CNCC2CCCN(Cc3cccs3)C2)c1. The molecule has 1 atom stereocenters. The van der Waals surface area contributed by atoms with Crippen LogP contribution in [0.25, 0.3) is 0 Å². The van der Waals surface area contributed by atoms with Crippen LogP contribution < -0.4 is 10.1 Å². The van der Waals surface area contributed by atoms with Gasteiger partial charge in [-0.15, -0.1) is 11.3 Å². The Morgan fingerprint density at radius 3 is 3.11 bits per heavy atom. The van der Waals surface area contributed by atoms with Crippen LogP contribution in [0.5, 0.6) is 5.75 Å². The zero-order valence-electron chi connectivity index (χ0n) is 15.9. The zero-order valence-corrected chi connectivity index (χ0v) is 16.7. The van der Waals surface area contributed by atoms with Gasteiger partial charge in [0, 0.05) is 30.9 Å². The van der Waals surface area contributed by atoms with Crippen molar-refractivity contribution < 1.29 is 4.74 Å². The monoisotopic (exact) mass is 383 g/mol. The van der Waals surface area contributed by atoms with Gasteiger partial charge >= 0.3 is 0 Å². The first kappa shape index (κ1) is 19.9. The standard InChI is InChI=1S/C22H29N3OS/c23-10-1-2-12-26-21-8-3-6-19(14-21)15-24-16-20-7-4-11-25(17-20)18-22-9-5-13-27-22/h3,5-6,8-9,13-14,20,24H,1-2,4,7,11-12,15-18H2. The Morgan fingerprint density at radius 2 is 2.26 bits per heavy atom. The van der Waals surface area contributed by atoms with Gasteiger partial charge in [0.1, 0.15) is 5.75 Å². The fraction of sp³-hybridized carbons (Fsp3) is 0.500. The van der Waals surface area contributed by atoms with E-state index in [-0.39, 0.29) is 0 Å². The number of nitriles is 1. The van der Waals surface area contributed by atoms with Crippen LogP contribution in [0.2, 0.25) is 0 Å². The Labute approximate surface area is 166 Å². The summed E-state index contributed by atoms with van der Waals surface area (Å²) in [5, 5.41) is 14.4. The molecule has 0 amide bonds. The molecule has 5 heteroatoms. The second-order valence-corrected chi connectivity index (χ2v) is 8.24. The molecule has 1 saturated heterocycles. The van der Waals surface area contributed by atoms with Crippen molar-refractivity contribution in [2.24, 2.45) is 5.92 Å². The summed E-state index contributed by atoms with van der Waals surface area (Å²) in [4.78, 5) is 4.06. The van der Waals surface area contributed by atoms with Crippen molar-refractivity contribution in [2.45, 2.75) is 38.8 Å². The van der Waals surface area contributed by atoms with Crippen LogP contribution in [-0.2, 0) is 13.1 Å². The van der Waals surface area contributed by atoms with Gasteiger partial charge in [-0.05, 0) is 67.4 Å². The first-order valence-electron chi connectivity index (χ1n) is 9.87. The number of ether oxygens (including phenoxy) is 1. The highest BCUT2D eigenvalue weighted by atomic mass is 32.1. The Balaban J connectivity index is 1.38. The first-order chi connectivity index (χ1) is 13.3. The number of likely N-dealkylation sites (tertiary alicyclic amines) is 1. The van der Waals surface area contributed by atoms with E-state index in [1.165, 1.54) is 36.4 Å². The van der Waals surface area contributed by atoms with Crippen LogP contribution in [0.4, 0.5) is 0 Å².